The van der Waals surface area contributed by atoms with E-state index in [2.05, 4.69) is 11.5 Å². The minimum Gasteiger partial charge on any atom is -0.376 e. The molecular weight excluding hydrogens is 212 g/mol. The Labute approximate surface area is 103 Å². The molecule has 0 saturated heterocycles. The van der Waals surface area contributed by atoms with E-state index in [9.17, 15) is 0 Å². The van der Waals surface area contributed by atoms with E-state index in [1.165, 1.54) is 32.1 Å². The van der Waals surface area contributed by atoms with Crippen molar-refractivity contribution in [2.45, 2.75) is 38.7 Å². The van der Waals surface area contributed by atoms with E-state index in [4.69, 9.17) is 10.6 Å². The number of hydrazine groups is 1. The van der Waals surface area contributed by atoms with Crippen LogP contribution in [0.3, 0.4) is 0 Å². The lowest BCUT2D eigenvalue weighted by Gasteiger charge is -2.21. The third-order valence-electron chi connectivity index (χ3n) is 3.51. The first-order valence-electron chi connectivity index (χ1n) is 6.52. The Bertz CT molecular complexity index is 335. The topological polar surface area (TPSA) is 47.3 Å². The van der Waals surface area contributed by atoms with Gasteiger partial charge in [-0.25, -0.2) is 0 Å². The molecule has 1 aromatic carbocycles. The second kappa shape index (κ2) is 6.62. The zero-order chi connectivity index (χ0) is 11.9. The van der Waals surface area contributed by atoms with Gasteiger partial charge in [-0.2, -0.15) is 0 Å². The van der Waals surface area contributed by atoms with Crippen LogP contribution in [0.15, 0.2) is 24.3 Å². The molecule has 94 valence electrons. The number of nitrogen functional groups attached to an aromatic ring is 1. The van der Waals surface area contributed by atoms with E-state index in [1.807, 2.05) is 18.2 Å². The highest BCUT2D eigenvalue weighted by Crippen LogP contribution is 2.24. The van der Waals surface area contributed by atoms with Gasteiger partial charge in [0.2, 0.25) is 0 Å². The van der Waals surface area contributed by atoms with Crippen LogP contribution in [0.2, 0.25) is 0 Å². The fraction of sp³-hybridized carbons (Fsp3) is 0.571. The third-order valence-corrected chi connectivity index (χ3v) is 3.51. The molecule has 17 heavy (non-hydrogen) atoms. The first kappa shape index (κ1) is 12.4. The monoisotopic (exact) mass is 234 g/mol. The van der Waals surface area contributed by atoms with E-state index < -0.39 is 0 Å². The molecule has 1 aliphatic carbocycles. The Morgan fingerprint density at radius 3 is 2.71 bits per heavy atom. The highest BCUT2D eigenvalue weighted by molar-refractivity contribution is 5.49. The maximum absolute atomic E-state index is 5.81. The van der Waals surface area contributed by atoms with Gasteiger partial charge in [0.05, 0.1) is 12.3 Å². The van der Waals surface area contributed by atoms with Gasteiger partial charge in [-0.05, 0) is 24.8 Å². The molecule has 2 rings (SSSR count). The predicted molar refractivity (Wildman–Crippen MR) is 70.5 cm³/mol. The van der Waals surface area contributed by atoms with E-state index in [0.29, 0.717) is 6.61 Å². The number of anilines is 1. The minimum atomic E-state index is 0.650. The summed E-state index contributed by atoms with van der Waals surface area (Å²) in [5.41, 5.74) is 4.79. The highest BCUT2D eigenvalue weighted by Gasteiger charge is 2.13. The molecule has 0 radical (unpaired) electrons. The first-order chi connectivity index (χ1) is 8.40. The molecule has 0 unspecified atom stereocenters. The molecule has 1 fully saturated rings. The summed E-state index contributed by atoms with van der Waals surface area (Å²) in [5, 5.41) is 0. The van der Waals surface area contributed by atoms with Gasteiger partial charge in [-0.3, -0.25) is 5.84 Å². The maximum atomic E-state index is 5.81. The molecule has 1 aromatic rings. The lowest BCUT2D eigenvalue weighted by atomic mass is 9.90. The fourth-order valence-electron chi connectivity index (χ4n) is 2.48. The number of hydrogen-bond acceptors (Lipinski definition) is 3. The first-order valence-corrected chi connectivity index (χ1v) is 6.52. The van der Waals surface area contributed by atoms with Crippen molar-refractivity contribution in [1.82, 2.24) is 0 Å². The Morgan fingerprint density at radius 1 is 1.18 bits per heavy atom. The Morgan fingerprint density at radius 2 is 1.94 bits per heavy atom. The van der Waals surface area contributed by atoms with Gasteiger partial charge in [0.15, 0.2) is 0 Å². The molecular formula is C14H22N2O. The van der Waals surface area contributed by atoms with Crippen molar-refractivity contribution < 1.29 is 4.74 Å². The molecule has 3 heteroatoms. The number of nitrogens with two attached hydrogens (primary N) is 1. The summed E-state index contributed by atoms with van der Waals surface area (Å²) in [6.07, 6.45) is 6.80. The maximum Gasteiger partial charge on any atom is 0.0737 e. The number of para-hydroxylation sites is 1. The zero-order valence-corrected chi connectivity index (χ0v) is 10.3. The number of nitrogens with one attached hydrogen (secondary N) is 1. The Kier molecular flexibility index (Phi) is 4.83. The quantitative estimate of drug-likeness (QED) is 0.608. The molecule has 3 N–H and O–H groups in total. The molecule has 0 atom stereocenters. The number of rotatable bonds is 5. The summed E-state index contributed by atoms with van der Waals surface area (Å²) < 4.78 is 5.81. The van der Waals surface area contributed by atoms with Crippen LogP contribution in [0.25, 0.3) is 0 Å². The highest BCUT2D eigenvalue weighted by atomic mass is 16.5. The molecule has 3 nitrogen and oxygen atoms in total. The van der Waals surface area contributed by atoms with Crippen LogP contribution in [0.1, 0.15) is 37.7 Å². The predicted octanol–water partition coefficient (Wildman–Crippen LogP) is 3.07. The van der Waals surface area contributed by atoms with Crippen LogP contribution in [0, 0.1) is 5.92 Å². The lowest BCUT2D eigenvalue weighted by Crippen LogP contribution is -2.14. The van der Waals surface area contributed by atoms with Crippen LogP contribution in [-0.4, -0.2) is 6.61 Å². The summed E-state index contributed by atoms with van der Waals surface area (Å²) in [4.78, 5) is 0. The van der Waals surface area contributed by atoms with Gasteiger partial charge in [0.25, 0.3) is 0 Å². The molecule has 0 heterocycles. The summed E-state index contributed by atoms with van der Waals surface area (Å²) in [6.45, 7) is 1.54. The zero-order valence-electron chi connectivity index (χ0n) is 10.3. The van der Waals surface area contributed by atoms with Crippen LogP contribution in [0.4, 0.5) is 5.69 Å². The van der Waals surface area contributed by atoms with Gasteiger partial charge < -0.3 is 10.2 Å². The van der Waals surface area contributed by atoms with Crippen molar-refractivity contribution in [3.05, 3.63) is 29.8 Å². The van der Waals surface area contributed by atoms with Gasteiger partial charge in [0, 0.05) is 12.2 Å². The average Bonchev–Trinajstić information content (AvgIpc) is 2.40. The SMILES string of the molecule is NNc1ccccc1COCC1CCCCC1. The molecule has 0 aliphatic heterocycles. The van der Waals surface area contributed by atoms with Crippen LogP contribution < -0.4 is 11.3 Å². The van der Waals surface area contributed by atoms with Crippen molar-refractivity contribution >= 4 is 5.69 Å². The largest absolute Gasteiger partial charge is 0.376 e. The van der Waals surface area contributed by atoms with Crippen molar-refractivity contribution in [3.8, 4) is 0 Å². The molecule has 1 aliphatic rings. The number of hydrogen-bond donors (Lipinski definition) is 2. The molecule has 0 aromatic heterocycles. The Balaban J connectivity index is 1.77. The summed E-state index contributed by atoms with van der Waals surface area (Å²) in [5.74, 6) is 6.23. The average molecular weight is 234 g/mol. The summed E-state index contributed by atoms with van der Waals surface area (Å²) >= 11 is 0. The van der Waals surface area contributed by atoms with Gasteiger partial charge in [-0.15, -0.1) is 0 Å². The van der Waals surface area contributed by atoms with E-state index in [1.54, 1.807) is 0 Å². The Hall–Kier alpha value is -1.06. The molecule has 0 bridgehead atoms. The third kappa shape index (κ3) is 3.72. The van der Waals surface area contributed by atoms with Crippen LogP contribution >= 0.6 is 0 Å². The van der Waals surface area contributed by atoms with Crippen LogP contribution in [-0.2, 0) is 11.3 Å². The number of benzene rings is 1. The lowest BCUT2D eigenvalue weighted by molar-refractivity contribution is 0.0742. The van der Waals surface area contributed by atoms with Gasteiger partial charge >= 0.3 is 0 Å². The number of ether oxygens (including phenoxy) is 1. The van der Waals surface area contributed by atoms with E-state index in [0.717, 1.165) is 23.8 Å². The van der Waals surface area contributed by atoms with Crippen molar-refractivity contribution in [3.63, 3.8) is 0 Å². The van der Waals surface area contributed by atoms with E-state index in [-0.39, 0.29) is 0 Å². The second-order valence-electron chi connectivity index (χ2n) is 4.82. The molecule has 0 amide bonds. The van der Waals surface area contributed by atoms with Gasteiger partial charge in [-0.1, -0.05) is 37.5 Å². The van der Waals surface area contributed by atoms with E-state index >= 15 is 0 Å². The normalized spacial score (nSPS) is 17.0. The summed E-state index contributed by atoms with van der Waals surface area (Å²) in [7, 11) is 0. The molecule has 0 spiro atoms. The van der Waals surface area contributed by atoms with Crippen LogP contribution in [0.5, 0.6) is 0 Å². The van der Waals surface area contributed by atoms with Crippen molar-refractivity contribution in [1.29, 1.82) is 0 Å². The standard InChI is InChI=1S/C14H22N2O/c15-16-14-9-5-4-8-13(14)11-17-10-12-6-2-1-3-7-12/h4-5,8-9,12,16H,1-3,6-7,10-11,15H2. The fourth-order valence-corrected chi connectivity index (χ4v) is 2.48. The minimum absolute atomic E-state index is 0.650. The van der Waals surface area contributed by atoms with Crippen molar-refractivity contribution in [2.24, 2.45) is 11.8 Å². The second-order valence-corrected chi connectivity index (χ2v) is 4.82. The van der Waals surface area contributed by atoms with Crippen molar-refractivity contribution in [2.75, 3.05) is 12.0 Å². The van der Waals surface area contributed by atoms with Gasteiger partial charge in [0.1, 0.15) is 0 Å². The molecule has 1 saturated carbocycles. The summed E-state index contributed by atoms with van der Waals surface area (Å²) in [6, 6.07) is 8.01. The smallest absolute Gasteiger partial charge is 0.0737 e.